The van der Waals surface area contributed by atoms with Gasteiger partial charge in [-0.15, -0.1) is 0 Å². The van der Waals surface area contributed by atoms with E-state index in [2.05, 4.69) is 26.4 Å². The van der Waals surface area contributed by atoms with E-state index in [0.29, 0.717) is 30.0 Å². The van der Waals surface area contributed by atoms with E-state index >= 15 is 0 Å². The normalized spacial score (nSPS) is 14.9. The predicted octanol–water partition coefficient (Wildman–Crippen LogP) is 1.72. The number of aryl methyl sites for hydroxylation is 1. The number of anilines is 1. The lowest BCUT2D eigenvalue weighted by molar-refractivity contribution is -0.146. The molecule has 0 bridgehead atoms. The van der Waals surface area contributed by atoms with Crippen LogP contribution in [0.4, 0.5) is 5.82 Å². The maximum absolute atomic E-state index is 11.7. The summed E-state index contributed by atoms with van der Waals surface area (Å²) in [6, 6.07) is 11.7. The molecule has 1 aliphatic rings. The summed E-state index contributed by atoms with van der Waals surface area (Å²) in [6.45, 7) is 2.21. The number of methoxy groups -OCH3 is 1. The maximum Gasteiger partial charge on any atom is 0.308 e. The zero-order chi connectivity index (χ0) is 22.2. The van der Waals surface area contributed by atoms with Crippen molar-refractivity contribution < 1.29 is 9.53 Å². The predicted molar refractivity (Wildman–Crippen MR) is 119 cm³/mol. The van der Waals surface area contributed by atoms with Crippen molar-refractivity contribution in [2.24, 2.45) is 10.9 Å². The number of hydrogen-bond acceptors (Lipinski definition) is 6. The van der Waals surface area contributed by atoms with Crippen molar-refractivity contribution in [3.63, 3.8) is 0 Å². The summed E-state index contributed by atoms with van der Waals surface area (Å²) >= 11 is 0. The third-order valence-electron chi connectivity index (χ3n) is 5.52. The second kappa shape index (κ2) is 10.5. The van der Waals surface area contributed by atoms with Crippen molar-refractivity contribution in [3.8, 4) is 11.8 Å². The number of nitrogen functional groups attached to an aromatic ring is 1. The van der Waals surface area contributed by atoms with Crippen LogP contribution in [0.3, 0.4) is 0 Å². The summed E-state index contributed by atoms with van der Waals surface area (Å²) in [4.78, 5) is 18.2. The zero-order valence-electron chi connectivity index (χ0n) is 18.0. The Kier molecular flexibility index (Phi) is 7.49. The number of aliphatic imine (C=N–C) groups is 1. The summed E-state index contributed by atoms with van der Waals surface area (Å²) in [5, 5.41) is 17.5. The molecule has 1 saturated heterocycles. The Morgan fingerprint density at radius 2 is 2.06 bits per heavy atom. The minimum atomic E-state index is -0.134. The second-order valence-electron chi connectivity index (χ2n) is 7.43. The Morgan fingerprint density at radius 1 is 1.35 bits per heavy atom. The summed E-state index contributed by atoms with van der Waals surface area (Å²) < 4.78 is 6.46. The molecule has 1 aliphatic heterocycles. The molecule has 0 amide bonds. The molecule has 0 aliphatic carbocycles. The van der Waals surface area contributed by atoms with Crippen LogP contribution >= 0.6 is 0 Å². The number of para-hydroxylation sites is 1. The first-order valence-electron chi connectivity index (χ1n) is 10.4. The van der Waals surface area contributed by atoms with E-state index < -0.39 is 0 Å². The molecule has 31 heavy (non-hydrogen) atoms. The van der Waals surface area contributed by atoms with Crippen LogP contribution in [0.15, 0.2) is 35.3 Å². The van der Waals surface area contributed by atoms with Gasteiger partial charge in [0.1, 0.15) is 17.5 Å². The second-order valence-corrected chi connectivity index (χ2v) is 7.43. The molecule has 0 unspecified atom stereocenters. The van der Waals surface area contributed by atoms with Crippen molar-refractivity contribution in [2.75, 3.05) is 39.5 Å². The molecule has 9 nitrogen and oxygen atoms in total. The van der Waals surface area contributed by atoms with E-state index in [-0.39, 0.29) is 11.9 Å². The summed E-state index contributed by atoms with van der Waals surface area (Å²) in [5.74, 6) is 1.01. The van der Waals surface area contributed by atoms with Gasteiger partial charge in [-0.25, -0.2) is 4.68 Å². The Morgan fingerprint density at radius 3 is 2.68 bits per heavy atom. The topological polar surface area (TPSA) is 122 Å². The van der Waals surface area contributed by atoms with E-state index in [1.165, 1.54) is 7.11 Å². The van der Waals surface area contributed by atoms with Crippen LogP contribution in [-0.4, -0.2) is 60.4 Å². The van der Waals surface area contributed by atoms with Gasteiger partial charge in [0.05, 0.1) is 24.4 Å². The van der Waals surface area contributed by atoms with Gasteiger partial charge in [0, 0.05) is 26.7 Å². The highest BCUT2D eigenvalue weighted by Crippen LogP contribution is 2.21. The summed E-state index contributed by atoms with van der Waals surface area (Å²) in [7, 11) is 3.19. The molecule has 0 atom stereocenters. The molecular weight excluding hydrogens is 394 g/mol. The molecule has 1 fully saturated rings. The lowest BCUT2D eigenvalue weighted by atomic mass is 9.97. The molecule has 9 heteroatoms. The largest absolute Gasteiger partial charge is 0.469 e. The van der Waals surface area contributed by atoms with Crippen LogP contribution < -0.4 is 11.1 Å². The SMILES string of the molecule is CN=C(NCCCc1nn(-c2ccccc2)c(N)c1C#N)N1CCC(C(=O)OC)CC1. The van der Waals surface area contributed by atoms with Gasteiger partial charge >= 0.3 is 5.97 Å². The molecule has 1 aromatic heterocycles. The van der Waals surface area contributed by atoms with Crippen LogP contribution in [0.25, 0.3) is 5.69 Å². The number of carbonyl (C=O) groups is 1. The van der Waals surface area contributed by atoms with Crippen LogP contribution in [0, 0.1) is 17.2 Å². The Labute approximate surface area is 182 Å². The van der Waals surface area contributed by atoms with Crippen LogP contribution in [0.1, 0.15) is 30.5 Å². The van der Waals surface area contributed by atoms with Crippen molar-refractivity contribution in [1.29, 1.82) is 5.26 Å². The average molecular weight is 424 g/mol. The molecule has 0 spiro atoms. The third-order valence-corrected chi connectivity index (χ3v) is 5.52. The number of guanidine groups is 1. The standard InChI is InChI=1S/C22H29N7O2/c1-25-22(28-13-10-16(11-14-28)21(30)31-2)26-12-6-9-19-18(15-23)20(24)29(27-19)17-7-4-3-5-8-17/h3-5,7-8,16H,6,9-14,24H2,1-2H3,(H,25,26). The number of nitriles is 1. The Hall–Kier alpha value is -3.54. The van der Waals surface area contributed by atoms with Crippen LogP contribution in [0.5, 0.6) is 0 Å². The third kappa shape index (κ3) is 5.15. The quantitative estimate of drug-likeness (QED) is 0.314. The number of hydrogen-bond donors (Lipinski definition) is 2. The van der Waals surface area contributed by atoms with Crippen molar-refractivity contribution in [3.05, 3.63) is 41.6 Å². The van der Waals surface area contributed by atoms with Crippen molar-refractivity contribution >= 4 is 17.7 Å². The van der Waals surface area contributed by atoms with Gasteiger partial charge in [-0.3, -0.25) is 9.79 Å². The first-order chi connectivity index (χ1) is 15.1. The van der Waals surface area contributed by atoms with Gasteiger partial charge in [0.25, 0.3) is 0 Å². The number of aromatic nitrogens is 2. The summed E-state index contributed by atoms with van der Waals surface area (Å²) in [5.41, 5.74) is 8.12. The van der Waals surface area contributed by atoms with E-state index in [0.717, 1.165) is 44.0 Å². The van der Waals surface area contributed by atoms with Gasteiger partial charge in [0.15, 0.2) is 5.96 Å². The molecule has 3 rings (SSSR count). The number of ether oxygens (including phenoxy) is 1. The van der Waals surface area contributed by atoms with Crippen molar-refractivity contribution in [1.82, 2.24) is 20.0 Å². The van der Waals surface area contributed by atoms with Gasteiger partial charge in [-0.1, -0.05) is 18.2 Å². The molecule has 1 aromatic carbocycles. The molecule has 3 N–H and O–H groups in total. The van der Waals surface area contributed by atoms with Crippen molar-refractivity contribution in [2.45, 2.75) is 25.7 Å². The lowest BCUT2D eigenvalue weighted by Gasteiger charge is -2.33. The minimum absolute atomic E-state index is 0.0334. The monoisotopic (exact) mass is 423 g/mol. The number of piperidine rings is 1. The summed E-state index contributed by atoms with van der Waals surface area (Å²) in [6.07, 6.45) is 2.92. The zero-order valence-corrected chi connectivity index (χ0v) is 18.0. The molecular formula is C22H29N7O2. The highest BCUT2D eigenvalue weighted by atomic mass is 16.5. The highest BCUT2D eigenvalue weighted by molar-refractivity contribution is 5.80. The molecule has 0 saturated carbocycles. The smallest absolute Gasteiger partial charge is 0.308 e. The van der Waals surface area contributed by atoms with E-state index in [9.17, 15) is 10.1 Å². The van der Waals surface area contributed by atoms with Gasteiger partial charge in [-0.05, 0) is 37.8 Å². The fraction of sp³-hybridized carbons (Fsp3) is 0.455. The van der Waals surface area contributed by atoms with Crippen LogP contribution in [0.2, 0.25) is 0 Å². The maximum atomic E-state index is 11.7. The number of benzene rings is 1. The Balaban J connectivity index is 1.54. The average Bonchev–Trinajstić information content (AvgIpc) is 3.14. The molecule has 2 heterocycles. The molecule has 0 radical (unpaired) electrons. The van der Waals surface area contributed by atoms with Gasteiger partial charge < -0.3 is 20.7 Å². The lowest BCUT2D eigenvalue weighted by Crippen LogP contribution is -2.46. The van der Waals surface area contributed by atoms with Gasteiger partial charge in [-0.2, -0.15) is 10.4 Å². The number of likely N-dealkylation sites (tertiary alicyclic amines) is 1. The number of rotatable bonds is 6. The number of nitrogens with one attached hydrogen (secondary N) is 1. The number of nitrogens with two attached hydrogens (primary N) is 1. The minimum Gasteiger partial charge on any atom is -0.469 e. The fourth-order valence-electron chi connectivity index (χ4n) is 3.82. The Bertz CT molecular complexity index is 954. The number of nitrogens with zero attached hydrogens (tertiary/aromatic N) is 5. The first-order valence-corrected chi connectivity index (χ1v) is 10.4. The highest BCUT2D eigenvalue weighted by Gasteiger charge is 2.27. The number of esters is 1. The first kappa shape index (κ1) is 22.2. The fourth-order valence-corrected chi connectivity index (χ4v) is 3.82. The molecule has 2 aromatic rings. The number of carbonyl (C=O) groups excluding carboxylic acids is 1. The van der Waals surface area contributed by atoms with Crippen LogP contribution in [-0.2, 0) is 16.0 Å². The molecule has 164 valence electrons. The van der Waals surface area contributed by atoms with E-state index in [4.69, 9.17) is 10.5 Å². The van der Waals surface area contributed by atoms with E-state index in [1.54, 1.807) is 11.7 Å². The van der Waals surface area contributed by atoms with Gasteiger partial charge in [0.2, 0.25) is 0 Å². The van der Waals surface area contributed by atoms with E-state index in [1.807, 2.05) is 30.3 Å².